The summed E-state index contributed by atoms with van der Waals surface area (Å²) in [5, 5.41) is 0. The predicted molar refractivity (Wildman–Crippen MR) is 77.3 cm³/mol. The summed E-state index contributed by atoms with van der Waals surface area (Å²) >= 11 is 3.15. The lowest BCUT2D eigenvalue weighted by Gasteiger charge is -2.20. The third kappa shape index (κ3) is 2.05. The van der Waals surface area contributed by atoms with Crippen molar-refractivity contribution in [3.05, 3.63) is 63.1 Å². The van der Waals surface area contributed by atoms with Gasteiger partial charge in [0.05, 0.1) is 5.56 Å². The maximum Gasteiger partial charge on any atom is 0.295 e. The number of hydrogen-bond donors (Lipinski definition) is 1. The van der Waals surface area contributed by atoms with Crippen LogP contribution in [0.3, 0.4) is 0 Å². The number of fused-ring (bicyclic) bond motifs is 2. The first kappa shape index (κ1) is 14.1. The predicted octanol–water partition coefficient (Wildman–Crippen LogP) is 2.47. The molecule has 5 nitrogen and oxygen atoms in total. The molecule has 106 valence electrons. The average Bonchev–Trinajstić information content (AvgIpc) is 2.43. The molecule has 2 aromatic rings. The molecule has 0 saturated carbocycles. The van der Waals surface area contributed by atoms with E-state index in [0.29, 0.717) is 4.47 Å². The van der Waals surface area contributed by atoms with E-state index in [-0.39, 0.29) is 22.3 Å². The second-order valence-corrected chi connectivity index (χ2v) is 6.72. The van der Waals surface area contributed by atoms with E-state index in [2.05, 4.69) is 15.9 Å². The van der Waals surface area contributed by atoms with E-state index in [9.17, 15) is 22.6 Å². The molecule has 0 radical (unpaired) electrons. The monoisotopic (exact) mass is 366 g/mol. The van der Waals surface area contributed by atoms with Crippen LogP contribution in [0.5, 0.6) is 0 Å². The Labute approximate surface area is 128 Å². The second-order valence-electron chi connectivity index (χ2n) is 4.47. The fraction of sp³-hybridized carbons (Fsp3) is 0. The molecular weight excluding hydrogens is 360 g/mol. The summed E-state index contributed by atoms with van der Waals surface area (Å²) in [7, 11) is -4.61. The molecule has 0 heterocycles. The maximum atomic E-state index is 12.5. The van der Waals surface area contributed by atoms with Gasteiger partial charge in [-0.3, -0.25) is 14.1 Å². The van der Waals surface area contributed by atoms with Crippen molar-refractivity contribution in [1.82, 2.24) is 0 Å². The van der Waals surface area contributed by atoms with E-state index in [1.165, 1.54) is 18.2 Å². The van der Waals surface area contributed by atoms with Crippen molar-refractivity contribution in [1.29, 1.82) is 0 Å². The molecule has 2 aromatic carbocycles. The van der Waals surface area contributed by atoms with Crippen molar-refractivity contribution < 1.29 is 22.6 Å². The fourth-order valence-electron chi connectivity index (χ4n) is 2.37. The normalized spacial score (nSPS) is 13.8. The van der Waals surface area contributed by atoms with E-state index >= 15 is 0 Å². The van der Waals surface area contributed by atoms with Crippen LogP contribution in [0.4, 0.5) is 0 Å². The number of benzene rings is 2. The summed E-state index contributed by atoms with van der Waals surface area (Å²) in [4.78, 5) is 24.5. The first-order chi connectivity index (χ1) is 9.82. The Morgan fingerprint density at radius 2 is 1.38 bits per heavy atom. The molecule has 0 bridgehead atoms. The Hall–Kier alpha value is -1.83. The molecule has 0 fully saturated rings. The number of hydrogen-bond acceptors (Lipinski definition) is 4. The van der Waals surface area contributed by atoms with E-state index in [1.807, 2.05) is 0 Å². The average molecular weight is 367 g/mol. The van der Waals surface area contributed by atoms with Gasteiger partial charge >= 0.3 is 0 Å². The number of halogens is 1. The summed E-state index contributed by atoms with van der Waals surface area (Å²) in [6.45, 7) is 0. The van der Waals surface area contributed by atoms with Gasteiger partial charge in [0.1, 0.15) is 4.90 Å². The van der Waals surface area contributed by atoms with Gasteiger partial charge in [0.2, 0.25) is 0 Å². The van der Waals surface area contributed by atoms with Gasteiger partial charge in [0.15, 0.2) is 11.6 Å². The molecule has 0 spiro atoms. The molecule has 1 N–H and O–H groups in total. The van der Waals surface area contributed by atoms with E-state index < -0.39 is 26.6 Å². The van der Waals surface area contributed by atoms with Gasteiger partial charge in [-0.15, -0.1) is 0 Å². The highest BCUT2D eigenvalue weighted by molar-refractivity contribution is 9.10. The Balaban J connectivity index is 2.46. The first-order valence-electron chi connectivity index (χ1n) is 5.81. The van der Waals surface area contributed by atoms with Crippen LogP contribution in [0, 0.1) is 0 Å². The molecule has 0 aromatic heterocycles. The largest absolute Gasteiger partial charge is 0.295 e. The smallest absolute Gasteiger partial charge is 0.289 e. The highest BCUT2D eigenvalue weighted by atomic mass is 79.9. The van der Waals surface area contributed by atoms with Gasteiger partial charge in [0.25, 0.3) is 10.1 Å². The molecule has 3 rings (SSSR count). The highest BCUT2D eigenvalue weighted by Gasteiger charge is 2.35. The van der Waals surface area contributed by atoms with Crippen molar-refractivity contribution in [2.24, 2.45) is 0 Å². The minimum atomic E-state index is -4.61. The minimum Gasteiger partial charge on any atom is -0.289 e. The van der Waals surface area contributed by atoms with Crippen molar-refractivity contribution in [3.8, 4) is 0 Å². The van der Waals surface area contributed by atoms with E-state index in [1.54, 1.807) is 12.1 Å². The number of carbonyl (C=O) groups is 2. The number of carbonyl (C=O) groups excluding carboxylic acids is 2. The zero-order valence-corrected chi connectivity index (χ0v) is 12.7. The lowest BCUT2D eigenvalue weighted by atomic mass is 9.84. The van der Waals surface area contributed by atoms with E-state index in [4.69, 9.17) is 0 Å². The van der Waals surface area contributed by atoms with Crippen molar-refractivity contribution in [3.63, 3.8) is 0 Å². The SMILES string of the molecule is O=C1c2ccccc2C(=O)c2c(S(=O)(=O)O)ccc(Br)c21. The van der Waals surface area contributed by atoms with Crippen LogP contribution in [-0.4, -0.2) is 24.5 Å². The van der Waals surface area contributed by atoms with Gasteiger partial charge in [-0.1, -0.05) is 40.2 Å². The fourth-order valence-corrected chi connectivity index (χ4v) is 3.57. The van der Waals surface area contributed by atoms with Crippen LogP contribution in [0.25, 0.3) is 0 Å². The van der Waals surface area contributed by atoms with Gasteiger partial charge in [-0.05, 0) is 12.1 Å². The zero-order valence-electron chi connectivity index (χ0n) is 10.3. The summed E-state index contributed by atoms with van der Waals surface area (Å²) in [6, 6.07) is 8.58. The van der Waals surface area contributed by atoms with Crippen LogP contribution >= 0.6 is 15.9 Å². The molecule has 7 heteroatoms. The van der Waals surface area contributed by atoms with Gasteiger partial charge in [0, 0.05) is 21.2 Å². The lowest BCUT2D eigenvalue weighted by molar-refractivity contribution is 0.0976. The lowest BCUT2D eigenvalue weighted by Crippen LogP contribution is -2.24. The highest BCUT2D eigenvalue weighted by Crippen LogP contribution is 2.35. The molecule has 0 unspecified atom stereocenters. The first-order valence-corrected chi connectivity index (χ1v) is 8.04. The molecule has 1 aliphatic carbocycles. The van der Waals surface area contributed by atoms with E-state index in [0.717, 1.165) is 6.07 Å². The second kappa shape index (κ2) is 4.59. The topological polar surface area (TPSA) is 88.5 Å². The third-order valence-corrected chi connectivity index (χ3v) is 4.82. The standard InChI is InChI=1S/C14H7BrO5S/c15-9-5-6-10(21(18,19)20)12-11(9)13(16)7-3-1-2-4-8(7)14(12)17/h1-6H,(H,18,19,20). The van der Waals surface area contributed by atoms with Crippen LogP contribution in [0.1, 0.15) is 31.8 Å². The van der Waals surface area contributed by atoms with Crippen molar-refractivity contribution in [2.75, 3.05) is 0 Å². The molecular formula is C14H7BrO5S. The summed E-state index contributed by atoms with van der Waals surface area (Å²) in [6.07, 6.45) is 0. The number of ketones is 2. The molecule has 0 aliphatic heterocycles. The Bertz CT molecular complexity index is 915. The zero-order chi connectivity index (χ0) is 15.4. The summed E-state index contributed by atoms with van der Waals surface area (Å²) in [5.41, 5.74) is -0.00872. The van der Waals surface area contributed by atoms with Crippen LogP contribution < -0.4 is 0 Å². The van der Waals surface area contributed by atoms with Gasteiger partial charge < -0.3 is 0 Å². The molecule has 0 amide bonds. The molecule has 0 atom stereocenters. The maximum absolute atomic E-state index is 12.5. The van der Waals surface area contributed by atoms with Crippen LogP contribution in [-0.2, 0) is 10.1 Å². The number of rotatable bonds is 1. The van der Waals surface area contributed by atoms with Gasteiger partial charge in [-0.2, -0.15) is 8.42 Å². The van der Waals surface area contributed by atoms with Crippen LogP contribution in [0.15, 0.2) is 45.8 Å². The Kier molecular flexibility index (Phi) is 3.09. The molecule has 21 heavy (non-hydrogen) atoms. The Morgan fingerprint density at radius 3 is 1.90 bits per heavy atom. The van der Waals surface area contributed by atoms with Crippen molar-refractivity contribution >= 4 is 37.6 Å². The van der Waals surface area contributed by atoms with Gasteiger partial charge in [-0.25, -0.2) is 0 Å². The quantitative estimate of drug-likeness (QED) is 0.668. The molecule has 1 aliphatic rings. The minimum absolute atomic E-state index is 0.0474. The Morgan fingerprint density at radius 1 is 0.857 bits per heavy atom. The summed E-state index contributed by atoms with van der Waals surface area (Å²) in [5.74, 6) is -1.06. The molecule has 0 saturated heterocycles. The van der Waals surface area contributed by atoms with Crippen molar-refractivity contribution in [2.45, 2.75) is 4.90 Å². The van der Waals surface area contributed by atoms with Crippen LogP contribution in [0.2, 0.25) is 0 Å². The third-order valence-electron chi connectivity index (χ3n) is 3.26. The summed E-state index contributed by atoms with van der Waals surface area (Å²) < 4.78 is 32.5.